The van der Waals surface area contributed by atoms with Crippen molar-refractivity contribution >= 4 is 38.5 Å². The number of hydrogen-bond donors (Lipinski definition) is 1. The van der Waals surface area contributed by atoms with Crippen molar-refractivity contribution < 1.29 is 13.9 Å². The summed E-state index contributed by atoms with van der Waals surface area (Å²) >= 11 is 9.66. The van der Waals surface area contributed by atoms with E-state index in [1.165, 1.54) is 13.2 Å². The van der Waals surface area contributed by atoms with Gasteiger partial charge in [-0.1, -0.05) is 17.7 Å². The van der Waals surface area contributed by atoms with E-state index in [0.29, 0.717) is 58.4 Å². The Labute approximate surface area is 163 Å². The van der Waals surface area contributed by atoms with E-state index in [1.807, 2.05) is 6.07 Å². The quantitative estimate of drug-likeness (QED) is 0.569. The summed E-state index contributed by atoms with van der Waals surface area (Å²) in [5.74, 6) is 1.34. The Balaban J connectivity index is 2.17. The number of para-hydroxylation sites is 1. The molecule has 0 aliphatic carbocycles. The number of nitrogens with two attached hydrogens (primary N) is 1. The SMILES string of the molecule is COc1c(-c2cc(=O)c3cccc(Cl)c3o2)ccc(Br)c1OCCCN. The second-order valence-corrected chi connectivity index (χ2v) is 6.80. The molecule has 0 spiro atoms. The molecule has 0 fully saturated rings. The van der Waals surface area contributed by atoms with Gasteiger partial charge >= 0.3 is 0 Å². The summed E-state index contributed by atoms with van der Waals surface area (Å²) in [4.78, 5) is 12.5. The number of benzene rings is 2. The van der Waals surface area contributed by atoms with E-state index in [9.17, 15) is 4.79 Å². The number of hydrogen-bond acceptors (Lipinski definition) is 5. The van der Waals surface area contributed by atoms with Crippen LogP contribution >= 0.6 is 27.5 Å². The molecule has 0 aliphatic heterocycles. The molecule has 0 amide bonds. The third-order valence-corrected chi connectivity index (χ3v) is 4.76. The zero-order valence-corrected chi connectivity index (χ0v) is 16.4. The summed E-state index contributed by atoms with van der Waals surface area (Å²) in [7, 11) is 1.53. The maximum Gasteiger partial charge on any atom is 0.193 e. The number of halogens is 2. The van der Waals surface area contributed by atoms with Crippen LogP contribution in [0.15, 0.2) is 50.1 Å². The first-order valence-electron chi connectivity index (χ1n) is 7.99. The van der Waals surface area contributed by atoms with Gasteiger partial charge in [0.25, 0.3) is 0 Å². The van der Waals surface area contributed by atoms with Gasteiger partial charge in [0, 0.05) is 6.07 Å². The van der Waals surface area contributed by atoms with Crippen LogP contribution in [-0.4, -0.2) is 20.3 Å². The lowest BCUT2D eigenvalue weighted by Gasteiger charge is -2.16. The molecule has 0 saturated heterocycles. The number of rotatable bonds is 6. The summed E-state index contributed by atoms with van der Waals surface area (Å²) in [6.45, 7) is 0.972. The van der Waals surface area contributed by atoms with E-state index >= 15 is 0 Å². The average Bonchev–Trinajstić information content (AvgIpc) is 2.63. The summed E-state index contributed by atoms with van der Waals surface area (Å²) in [5.41, 5.74) is 6.27. The Morgan fingerprint density at radius 1 is 1.23 bits per heavy atom. The molecule has 5 nitrogen and oxygen atoms in total. The Kier molecular flexibility index (Phi) is 5.86. The van der Waals surface area contributed by atoms with E-state index < -0.39 is 0 Å². The molecule has 1 aromatic heterocycles. The van der Waals surface area contributed by atoms with Crippen LogP contribution in [0.4, 0.5) is 0 Å². The Hall–Kier alpha value is -2.02. The molecule has 2 aromatic carbocycles. The van der Waals surface area contributed by atoms with Gasteiger partial charge < -0.3 is 19.6 Å². The molecule has 0 bridgehead atoms. The zero-order valence-electron chi connectivity index (χ0n) is 14.1. The molecular formula is C19H17BrClNO4. The van der Waals surface area contributed by atoms with Gasteiger partial charge in [-0.15, -0.1) is 0 Å². The van der Waals surface area contributed by atoms with Gasteiger partial charge in [-0.3, -0.25) is 4.79 Å². The molecule has 3 rings (SSSR count). The lowest BCUT2D eigenvalue weighted by atomic mass is 10.1. The minimum absolute atomic E-state index is 0.181. The third-order valence-electron chi connectivity index (χ3n) is 3.84. The fourth-order valence-corrected chi connectivity index (χ4v) is 3.24. The second kappa shape index (κ2) is 8.12. The fraction of sp³-hybridized carbons (Fsp3) is 0.211. The van der Waals surface area contributed by atoms with Crippen LogP contribution in [0.3, 0.4) is 0 Å². The highest BCUT2D eigenvalue weighted by molar-refractivity contribution is 9.10. The fourth-order valence-electron chi connectivity index (χ4n) is 2.60. The number of ether oxygens (including phenoxy) is 2. The first-order chi connectivity index (χ1) is 12.6. The van der Waals surface area contributed by atoms with Gasteiger partial charge in [0.15, 0.2) is 22.5 Å². The normalized spacial score (nSPS) is 10.9. The third kappa shape index (κ3) is 3.58. The van der Waals surface area contributed by atoms with Crippen LogP contribution in [0.2, 0.25) is 5.02 Å². The molecule has 2 N–H and O–H groups in total. The number of fused-ring (bicyclic) bond motifs is 1. The maximum atomic E-state index is 12.5. The average molecular weight is 439 g/mol. The topological polar surface area (TPSA) is 74.7 Å². The predicted molar refractivity (Wildman–Crippen MR) is 106 cm³/mol. The van der Waals surface area contributed by atoms with E-state index in [4.69, 9.17) is 31.2 Å². The molecule has 0 saturated carbocycles. The first-order valence-corrected chi connectivity index (χ1v) is 9.16. The minimum Gasteiger partial charge on any atom is -0.492 e. The largest absolute Gasteiger partial charge is 0.492 e. The lowest BCUT2D eigenvalue weighted by Crippen LogP contribution is -2.07. The smallest absolute Gasteiger partial charge is 0.193 e. The molecule has 3 aromatic rings. The standard InChI is InChI=1S/C19H17BrClNO4/c1-24-18-12(6-7-13(20)19(18)25-9-3-8-22)16-10-15(23)11-4-2-5-14(21)17(11)26-16/h2,4-7,10H,3,8-9,22H2,1H3. The molecule has 1 heterocycles. The van der Waals surface area contributed by atoms with Crippen molar-refractivity contribution in [2.45, 2.75) is 6.42 Å². The Bertz CT molecular complexity index is 1000. The van der Waals surface area contributed by atoms with Gasteiger partial charge in [-0.2, -0.15) is 0 Å². The van der Waals surface area contributed by atoms with Crippen molar-refractivity contribution in [3.05, 3.63) is 56.1 Å². The van der Waals surface area contributed by atoms with Crippen LogP contribution in [0.25, 0.3) is 22.3 Å². The highest BCUT2D eigenvalue weighted by Gasteiger charge is 2.19. The van der Waals surface area contributed by atoms with Crippen LogP contribution in [0, 0.1) is 0 Å². The second-order valence-electron chi connectivity index (χ2n) is 5.54. The van der Waals surface area contributed by atoms with Crippen molar-refractivity contribution in [2.75, 3.05) is 20.3 Å². The molecule has 0 unspecified atom stereocenters. The predicted octanol–water partition coefficient (Wildman–Crippen LogP) is 4.61. The van der Waals surface area contributed by atoms with Crippen molar-refractivity contribution in [3.8, 4) is 22.8 Å². The molecule has 0 aliphatic rings. The van der Waals surface area contributed by atoms with Crippen molar-refractivity contribution in [2.24, 2.45) is 5.73 Å². The minimum atomic E-state index is -0.181. The highest BCUT2D eigenvalue weighted by Crippen LogP contribution is 2.43. The molecular weight excluding hydrogens is 422 g/mol. The van der Waals surface area contributed by atoms with Gasteiger partial charge in [0.05, 0.1) is 34.2 Å². The van der Waals surface area contributed by atoms with Crippen molar-refractivity contribution in [1.82, 2.24) is 0 Å². The monoisotopic (exact) mass is 437 g/mol. The molecule has 136 valence electrons. The van der Waals surface area contributed by atoms with Crippen LogP contribution in [-0.2, 0) is 0 Å². The van der Waals surface area contributed by atoms with Crippen LogP contribution in [0.1, 0.15) is 6.42 Å². The highest BCUT2D eigenvalue weighted by atomic mass is 79.9. The molecule has 7 heteroatoms. The van der Waals surface area contributed by atoms with E-state index in [2.05, 4.69) is 15.9 Å². The van der Waals surface area contributed by atoms with Crippen LogP contribution < -0.4 is 20.6 Å². The van der Waals surface area contributed by atoms with Gasteiger partial charge in [0.1, 0.15) is 5.76 Å². The first kappa shape index (κ1) is 18.8. The summed E-state index contributed by atoms with van der Waals surface area (Å²) in [6, 6.07) is 10.1. The van der Waals surface area contributed by atoms with Gasteiger partial charge in [-0.05, 0) is 53.2 Å². The summed E-state index contributed by atoms with van der Waals surface area (Å²) in [6.07, 6.45) is 0.709. The van der Waals surface area contributed by atoms with Crippen LogP contribution in [0.5, 0.6) is 11.5 Å². The van der Waals surface area contributed by atoms with E-state index in [-0.39, 0.29) is 5.43 Å². The summed E-state index contributed by atoms with van der Waals surface area (Å²) < 4.78 is 18.0. The van der Waals surface area contributed by atoms with E-state index in [0.717, 1.165) is 4.47 Å². The Morgan fingerprint density at radius 2 is 2.04 bits per heavy atom. The summed E-state index contributed by atoms with van der Waals surface area (Å²) in [5, 5.41) is 0.800. The van der Waals surface area contributed by atoms with Crippen molar-refractivity contribution in [1.29, 1.82) is 0 Å². The lowest BCUT2D eigenvalue weighted by molar-refractivity contribution is 0.290. The molecule has 26 heavy (non-hydrogen) atoms. The van der Waals surface area contributed by atoms with Crippen molar-refractivity contribution in [3.63, 3.8) is 0 Å². The van der Waals surface area contributed by atoms with Gasteiger partial charge in [0.2, 0.25) is 0 Å². The maximum absolute atomic E-state index is 12.5. The number of methoxy groups -OCH3 is 1. The Morgan fingerprint density at radius 3 is 2.77 bits per heavy atom. The zero-order chi connectivity index (χ0) is 18.7. The van der Waals surface area contributed by atoms with Gasteiger partial charge in [-0.25, -0.2) is 0 Å². The van der Waals surface area contributed by atoms with E-state index in [1.54, 1.807) is 24.3 Å². The molecule has 0 radical (unpaired) electrons. The molecule has 0 atom stereocenters.